The second-order valence-electron chi connectivity index (χ2n) is 4.08. The van der Waals surface area contributed by atoms with Gasteiger partial charge < -0.3 is 4.74 Å². The van der Waals surface area contributed by atoms with Crippen molar-refractivity contribution < 1.29 is 9.53 Å². The smallest absolute Gasteiger partial charge is 0.182 e. The highest BCUT2D eigenvalue weighted by molar-refractivity contribution is 9.11. The molecule has 1 unspecified atom stereocenters. The van der Waals surface area contributed by atoms with Gasteiger partial charge in [0.15, 0.2) is 5.78 Å². The van der Waals surface area contributed by atoms with Crippen LogP contribution < -0.4 is 0 Å². The molecule has 0 saturated carbocycles. The highest BCUT2D eigenvalue weighted by atomic mass is 79.9. The summed E-state index contributed by atoms with van der Waals surface area (Å²) in [6, 6.07) is 1.84. The van der Waals surface area contributed by atoms with Crippen LogP contribution in [0.2, 0.25) is 0 Å². The average molecular weight is 363 g/mol. The summed E-state index contributed by atoms with van der Waals surface area (Å²) in [7, 11) is 0. The second kappa shape index (κ2) is 6.07. The van der Waals surface area contributed by atoms with Gasteiger partial charge in [0.1, 0.15) is 5.69 Å². The number of hydrogen-bond donors (Lipinski definition) is 0. The zero-order valence-electron chi connectivity index (χ0n) is 9.29. The first-order valence-corrected chi connectivity index (χ1v) is 7.21. The number of carbonyl (C=O) groups excluding carboxylic acids is 1. The molecule has 2 heterocycles. The number of hydrogen-bond acceptors (Lipinski definition) is 3. The summed E-state index contributed by atoms with van der Waals surface area (Å²) in [6.07, 6.45) is 5.37. The van der Waals surface area contributed by atoms with Crippen molar-refractivity contribution in [3.8, 4) is 0 Å². The number of carbonyl (C=O) groups is 1. The molecule has 0 aromatic carbocycles. The molecule has 1 aliphatic rings. The van der Waals surface area contributed by atoms with E-state index >= 15 is 0 Å². The zero-order valence-corrected chi connectivity index (χ0v) is 12.5. The third kappa shape index (κ3) is 3.60. The summed E-state index contributed by atoms with van der Waals surface area (Å²) in [4.78, 5) is 16.1. The van der Waals surface area contributed by atoms with Crippen molar-refractivity contribution in [3.05, 3.63) is 26.9 Å². The van der Waals surface area contributed by atoms with Crippen LogP contribution in [-0.4, -0.2) is 23.5 Å². The topological polar surface area (TPSA) is 39.2 Å². The third-order valence-corrected chi connectivity index (χ3v) is 3.83. The summed E-state index contributed by atoms with van der Waals surface area (Å²) in [6.45, 7) is 0.832. The van der Waals surface area contributed by atoms with Crippen LogP contribution in [0.4, 0.5) is 0 Å². The van der Waals surface area contributed by atoms with Gasteiger partial charge in [0.05, 0.1) is 6.10 Å². The van der Waals surface area contributed by atoms with E-state index in [0.717, 1.165) is 34.8 Å². The summed E-state index contributed by atoms with van der Waals surface area (Å²) in [5, 5.41) is 0. The Balaban J connectivity index is 1.94. The number of Topliss-reactive ketones (excluding diaryl/α,β-unsaturated/α-hetero) is 1. The Hall–Kier alpha value is -0.260. The average Bonchev–Trinajstić information content (AvgIpc) is 2.78. The first-order chi connectivity index (χ1) is 8.16. The molecular formula is C12H13Br2NO2. The van der Waals surface area contributed by atoms with Crippen molar-refractivity contribution >= 4 is 37.6 Å². The van der Waals surface area contributed by atoms with Gasteiger partial charge in [-0.25, -0.2) is 0 Å². The van der Waals surface area contributed by atoms with Gasteiger partial charge in [0.25, 0.3) is 0 Å². The Morgan fingerprint density at radius 3 is 3.00 bits per heavy atom. The Bertz CT molecular complexity index is 417. The minimum absolute atomic E-state index is 0.0693. The van der Waals surface area contributed by atoms with Gasteiger partial charge in [-0.05, 0) is 57.2 Å². The molecule has 92 valence electrons. The summed E-state index contributed by atoms with van der Waals surface area (Å²) in [5.41, 5.74) is 0.506. The van der Waals surface area contributed by atoms with Crippen LogP contribution in [0.25, 0.3) is 0 Å². The predicted octanol–water partition coefficient (Wildman–Crippen LogP) is 3.75. The Morgan fingerprint density at radius 2 is 2.35 bits per heavy atom. The van der Waals surface area contributed by atoms with Gasteiger partial charge in [-0.15, -0.1) is 0 Å². The lowest BCUT2D eigenvalue weighted by atomic mass is 10.1. The summed E-state index contributed by atoms with van der Waals surface area (Å²) < 4.78 is 7.10. The number of halogens is 2. The molecule has 17 heavy (non-hydrogen) atoms. The molecular weight excluding hydrogens is 350 g/mol. The quantitative estimate of drug-likeness (QED) is 0.765. The SMILES string of the molecule is O=C(CCC1CCCO1)c1ncc(Br)cc1Br. The Morgan fingerprint density at radius 1 is 1.53 bits per heavy atom. The molecule has 0 aliphatic carbocycles. The first kappa shape index (κ1) is 13.2. The zero-order chi connectivity index (χ0) is 12.3. The lowest BCUT2D eigenvalue weighted by Gasteiger charge is -2.08. The van der Waals surface area contributed by atoms with Crippen molar-refractivity contribution in [2.45, 2.75) is 31.8 Å². The van der Waals surface area contributed by atoms with Gasteiger partial charge in [-0.1, -0.05) is 0 Å². The van der Waals surface area contributed by atoms with E-state index in [9.17, 15) is 4.79 Å². The molecule has 1 saturated heterocycles. The van der Waals surface area contributed by atoms with Crippen molar-refractivity contribution in [2.75, 3.05) is 6.61 Å². The van der Waals surface area contributed by atoms with E-state index in [0.29, 0.717) is 12.1 Å². The Kier molecular flexibility index (Phi) is 4.70. The van der Waals surface area contributed by atoms with Crippen LogP contribution in [0.5, 0.6) is 0 Å². The van der Waals surface area contributed by atoms with Gasteiger partial charge in [-0.2, -0.15) is 0 Å². The number of ketones is 1. The normalized spacial score (nSPS) is 19.5. The molecule has 2 rings (SSSR count). The van der Waals surface area contributed by atoms with Gasteiger partial charge in [0, 0.05) is 28.2 Å². The van der Waals surface area contributed by atoms with E-state index in [-0.39, 0.29) is 11.9 Å². The molecule has 0 bridgehead atoms. The molecule has 0 amide bonds. The fraction of sp³-hybridized carbons (Fsp3) is 0.500. The maximum atomic E-state index is 12.0. The van der Waals surface area contributed by atoms with Gasteiger partial charge >= 0.3 is 0 Å². The van der Waals surface area contributed by atoms with E-state index in [4.69, 9.17) is 4.74 Å². The highest BCUT2D eigenvalue weighted by Crippen LogP contribution is 2.23. The van der Waals surface area contributed by atoms with Crippen molar-refractivity contribution in [2.24, 2.45) is 0 Å². The number of rotatable bonds is 4. The van der Waals surface area contributed by atoms with E-state index in [1.54, 1.807) is 6.20 Å². The minimum Gasteiger partial charge on any atom is -0.378 e. The van der Waals surface area contributed by atoms with Crippen LogP contribution in [0, 0.1) is 0 Å². The summed E-state index contributed by atoms with van der Waals surface area (Å²) in [5.74, 6) is 0.0693. The molecule has 1 aliphatic heterocycles. The van der Waals surface area contributed by atoms with E-state index in [1.165, 1.54) is 0 Å². The third-order valence-electron chi connectivity index (χ3n) is 2.79. The molecule has 0 N–H and O–H groups in total. The molecule has 3 nitrogen and oxygen atoms in total. The number of nitrogens with zero attached hydrogens (tertiary/aromatic N) is 1. The number of pyridine rings is 1. The van der Waals surface area contributed by atoms with Crippen LogP contribution >= 0.6 is 31.9 Å². The van der Waals surface area contributed by atoms with Crippen molar-refractivity contribution in [1.82, 2.24) is 4.98 Å². The maximum absolute atomic E-state index is 12.0. The van der Waals surface area contributed by atoms with Crippen molar-refractivity contribution in [1.29, 1.82) is 0 Å². The minimum atomic E-state index is 0.0693. The number of ether oxygens (including phenoxy) is 1. The largest absolute Gasteiger partial charge is 0.378 e. The van der Waals surface area contributed by atoms with Crippen LogP contribution in [0.1, 0.15) is 36.2 Å². The lowest BCUT2D eigenvalue weighted by molar-refractivity contribution is 0.0855. The van der Waals surface area contributed by atoms with Crippen LogP contribution in [0.3, 0.4) is 0 Å². The fourth-order valence-corrected chi connectivity index (χ4v) is 3.11. The molecule has 1 atom stereocenters. The lowest BCUT2D eigenvalue weighted by Crippen LogP contribution is -2.10. The molecule has 0 radical (unpaired) electrons. The molecule has 1 aromatic rings. The second-order valence-corrected chi connectivity index (χ2v) is 5.85. The first-order valence-electron chi connectivity index (χ1n) is 5.62. The van der Waals surface area contributed by atoms with Crippen molar-refractivity contribution in [3.63, 3.8) is 0 Å². The highest BCUT2D eigenvalue weighted by Gasteiger charge is 2.18. The Labute approximate surface area is 117 Å². The maximum Gasteiger partial charge on any atom is 0.182 e. The van der Waals surface area contributed by atoms with Gasteiger partial charge in [0.2, 0.25) is 0 Å². The summed E-state index contributed by atoms with van der Waals surface area (Å²) >= 11 is 6.67. The predicted molar refractivity (Wildman–Crippen MR) is 72.2 cm³/mol. The van der Waals surface area contributed by atoms with Crippen LogP contribution in [0.15, 0.2) is 21.2 Å². The van der Waals surface area contributed by atoms with Gasteiger partial charge in [-0.3, -0.25) is 9.78 Å². The molecule has 5 heteroatoms. The van der Waals surface area contributed by atoms with E-state index in [2.05, 4.69) is 36.8 Å². The van der Waals surface area contributed by atoms with E-state index in [1.807, 2.05) is 6.07 Å². The monoisotopic (exact) mass is 361 g/mol. The molecule has 1 fully saturated rings. The fourth-order valence-electron chi connectivity index (χ4n) is 1.90. The van der Waals surface area contributed by atoms with Crippen LogP contribution in [-0.2, 0) is 4.74 Å². The molecule has 0 spiro atoms. The van der Waals surface area contributed by atoms with E-state index < -0.39 is 0 Å². The molecule has 1 aromatic heterocycles. The standard InChI is InChI=1S/C12H13Br2NO2/c13-8-6-10(14)12(15-7-8)11(16)4-3-9-2-1-5-17-9/h6-7,9H,1-5H2. The number of aromatic nitrogens is 1.